The zero-order valence-electron chi connectivity index (χ0n) is 11.9. The van der Waals surface area contributed by atoms with Gasteiger partial charge in [-0.2, -0.15) is 0 Å². The van der Waals surface area contributed by atoms with E-state index in [1.807, 2.05) is 6.92 Å². The van der Waals surface area contributed by atoms with Crippen molar-refractivity contribution in [3.05, 3.63) is 28.8 Å². The van der Waals surface area contributed by atoms with Gasteiger partial charge in [-0.15, -0.1) is 0 Å². The van der Waals surface area contributed by atoms with Crippen LogP contribution >= 0.6 is 12.2 Å². The number of benzene rings is 1. The molecule has 2 nitrogen and oxygen atoms in total. The summed E-state index contributed by atoms with van der Waals surface area (Å²) in [5, 5.41) is 0. The molecule has 0 saturated carbocycles. The molecule has 1 aromatic rings. The first kappa shape index (κ1) is 15.0. The van der Waals surface area contributed by atoms with E-state index < -0.39 is 0 Å². The van der Waals surface area contributed by atoms with Crippen molar-refractivity contribution in [2.45, 2.75) is 40.5 Å². The quantitative estimate of drug-likeness (QED) is 0.824. The van der Waals surface area contributed by atoms with E-state index in [1.165, 1.54) is 16.7 Å². The molecule has 1 aromatic carbocycles. The lowest BCUT2D eigenvalue weighted by molar-refractivity contribution is 0.337. The van der Waals surface area contributed by atoms with Gasteiger partial charge >= 0.3 is 0 Å². The number of rotatable bonds is 5. The maximum absolute atomic E-state index is 5.75. The van der Waals surface area contributed by atoms with Crippen LogP contribution in [-0.4, -0.2) is 11.6 Å². The molecule has 0 fully saturated rings. The van der Waals surface area contributed by atoms with Gasteiger partial charge in [-0.3, -0.25) is 0 Å². The zero-order chi connectivity index (χ0) is 13.9. The molecule has 2 atom stereocenters. The largest absolute Gasteiger partial charge is 0.494 e. The minimum Gasteiger partial charge on any atom is -0.494 e. The van der Waals surface area contributed by atoms with Gasteiger partial charge < -0.3 is 10.5 Å². The first-order chi connectivity index (χ1) is 8.38. The van der Waals surface area contributed by atoms with Gasteiger partial charge in [0.1, 0.15) is 5.75 Å². The normalized spacial score (nSPS) is 14.1. The number of ether oxygens (including phenoxy) is 1. The predicted molar refractivity (Wildman–Crippen MR) is 81.4 cm³/mol. The molecule has 0 bridgehead atoms. The summed E-state index contributed by atoms with van der Waals surface area (Å²) in [7, 11) is 0. The highest BCUT2D eigenvalue weighted by Gasteiger charge is 2.19. The lowest BCUT2D eigenvalue weighted by atomic mass is 9.85. The number of thiocarbonyl (C=S) groups is 1. The molecule has 0 amide bonds. The van der Waals surface area contributed by atoms with Gasteiger partial charge in [0.2, 0.25) is 0 Å². The predicted octanol–water partition coefficient (Wildman–Crippen LogP) is 3.73. The van der Waals surface area contributed by atoms with Crippen LogP contribution < -0.4 is 10.5 Å². The molecule has 2 unspecified atom stereocenters. The van der Waals surface area contributed by atoms with Gasteiger partial charge in [0.15, 0.2) is 0 Å². The first-order valence-electron chi connectivity index (χ1n) is 6.41. The van der Waals surface area contributed by atoms with Gasteiger partial charge in [-0.05, 0) is 49.4 Å². The Bertz CT molecular complexity index is 442. The Balaban J connectivity index is 3.11. The SMILES string of the molecule is CCOc1cc(C)c(C(C)C(C)C(N)=S)cc1C. The fourth-order valence-corrected chi connectivity index (χ4v) is 2.33. The fraction of sp³-hybridized carbons (Fsp3) is 0.533. The Labute approximate surface area is 116 Å². The van der Waals surface area contributed by atoms with Crippen LogP contribution in [0.4, 0.5) is 0 Å². The monoisotopic (exact) mass is 265 g/mol. The molecule has 0 aromatic heterocycles. The minimum atomic E-state index is 0.205. The van der Waals surface area contributed by atoms with E-state index in [9.17, 15) is 0 Å². The van der Waals surface area contributed by atoms with Crippen molar-refractivity contribution in [1.29, 1.82) is 0 Å². The second-order valence-corrected chi connectivity index (χ2v) is 5.36. The van der Waals surface area contributed by atoms with Crippen LogP contribution in [0.2, 0.25) is 0 Å². The zero-order valence-corrected chi connectivity index (χ0v) is 12.7. The molecular weight excluding hydrogens is 242 g/mol. The summed E-state index contributed by atoms with van der Waals surface area (Å²) in [6, 6.07) is 4.30. The molecule has 3 heteroatoms. The van der Waals surface area contributed by atoms with E-state index in [4.69, 9.17) is 22.7 Å². The maximum Gasteiger partial charge on any atom is 0.122 e. The van der Waals surface area contributed by atoms with Crippen molar-refractivity contribution in [1.82, 2.24) is 0 Å². The smallest absolute Gasteiger partial charge is 0.122 e. The molecule has 18 heavy (non-hydrogen) atoms. The molecule has 1 rings (SSSR count). The van der Waals surface area contributed by atoms with Crippen LogP contribution in [0.5, 0.6) is 5.75 Å². The van der Waals surface area contributed by atoms with Gasteiger partial charge in [0.25, 0.3) is 0 Å². The lowest BCUT2D eigenvalue weighted by Crippen LogP contribution is -2.23. The van der Waals surface area contributed by atoms with E-state index in [0.717, 1.165) is 5.75 Å². The third-order valence-electron chi connectivity index (χ3n) is 3.55. The average molecular weight is 265 g/mol. The molecule has 100 valence electrons. The first-order valence-corrected chi connectivity index (χ1v) is 6.82. The molecule has 0 aliphatic carbocycles. The van der Waals surface area contributed by atoms with E-state index in [2.05, 4.69) is 39.8 Å². The Kier molecular flexibility index (Phi) is 5.15. The maximum atomic E-state index is 5.75. The molecule has 0 saturated heterocycles. The summed E-state index contributed by atoms with van der Waals surface area (Å²) in [6.07, 6.45) is 0. The topological polar surface area (TPSA) is 35.2 Å². The van der Waals surface area contributed by atoms with Crippen LogP contribution in [0, 0.1) is 19.8 Å². The Hall–Kier alpha value is -1.09. The van der Waals surface area contributed by atoms with E-state index >= 15 is 0 Å². The third-order valence-corrected chi connectivity index (χ3v) is 3.92. The summed E-state index contributed by atoms with van der Waals surface area (Å²) < 4.78 is 5.61. The highest BCUT2D eigenvalue weighted by atomic mass is 32.1. The molecule has 0 aliphatic rings. The number of aryl methyl sites for hydroxylation is 2. The highest BCUT2D eigenvalue weighted by Crippen LogP contribution is 2.31. The summed E-state index contributed by atoms with van der Waals surface area (Å²) in [6.45, 7) is 11.1. The van der Waals surface area contributed by atoms with Gasteiger partial charge in [-0.1, -0.05) is 32.1 Å². The Morgan fingerprint density at radius 2 is 1.89 bits per heavy atom. The molecule has 0 spiro atoms. The molecule has 0 radical (unpaired) electrons. The van der Waals surface area contributed by atoms with Crippen molar-refractivity contribution in [3.63, 3.8) is 0 Å². The molecule has 2 N–H and O–H groups in total. The number of hydrogen-bond donors (Lipinski definition) is 1. The summed E-state index contributed by atoms with van der Waals surface area (Å²) >= 11 is 5.09. The fourth-order valence-electron chi connectivity index (χ4n) is 2.13. The standard InChI is InChI=1S/C15H23NOS/c1-6-17-14-8-9(2)13(7-10(14)3)11(4)12(5)15(16)18/h7-8,11-12H,6H2,1-5H3,(H2,16,18). The average Bonchev–Trinajstić information content (AvgIpc) is 2.31. The molecular formula is C15H23NOS. The van der Waals surface area contributed by atoms with Crippen LogP contribution in [0.15, 0.2) is 12.1 Å². The molecule has 0 heterocycles. The van der Waals surface area contributed by atoms with Gasteiger partial charge in [-0.25, -0.2) is 0 Å². The van der Waals surface area contributed by atoms with Crippen LogP contribution in [0.3, 0.4) is 0 Å². The number of hydrogen-bond acceptors (Lipinski definition) is 2. The summed E-state index contributed by atoms with van der Waals surface area (Å²) in [5.41, 5.74) is 9.45. The van der Waals surface area contributed by atoms with Crippen LogP contribution in [0.25, 0.3) is 0 Å². The highest BCUT2D eigenvalue weighted by molar-refractivity contribution is 7.80. The van der Waals surface area contributed by atoms with Crippen molar-refractivity contribution in [3.8, 4) is 5.75 Å². The van der Waals surface area contributed by atoms with Gasteiger partial charge in [0.05, 0.1) is 11.6 Å². The van der Waals surface area contributed by atoms with Crippen molar-refractivity contribution >= 4 is 17.2 Å². The van der Waals surface area contributed by atoms with Crippen LogP contribution in [-0.2, 0) is 0 Å². The molecule has 0 aliphatic heterocycles. The van der Waals surface area contributed by atoms with E-state index in [1.54, 1.807) is 0 Å². The Morgan fingerprint density at radius 3 is 2.39 bits per heavy atom. The van der Waals surface area contributed by atoms with E-state index in [-0.39, 0.29) is 5.92 Å². The second kappa shape index (κ2) is 6.19. The lowest BCUT2D eigenvalue weighted by Gasteiger charge is -2.22. The van der Waals surface area contributed by atoms with E-state index in [0.29, 0.717) is 17.5 Å². The third kappa shape index (κ3) is 3.22. The van der Waals surface area contributed by atoms with Crippen LogP contribution in [0.1, 0.15) is 43.4 Å². The summed E-state index contributed by atoms with van der Waals surface area (Å²) in [5.74, 6) is 1.50. The van der Waals surface area contributed by atoms with Crippen molar-refractivity contribution in [2.75, 3.05) is 6.61 Å². The van der Waals surface area contributed by atoms with Gasteiger partial charge in [0, 0.05) is 5.92 Å². The minimum absolute atomic E-state index is 0.205. The number of nitrogens with two attached hydrogens (primary N) is 1. The Morgan fingerprint density at radius 1 is 1.28 bits per heavy atom. The van der Waals surface area contributed by atoms with Crippen molar-refractivity contribution in [2.24, 2.45) is 11.7 Å². The second-order valence-electron chi connectivity index (χ2n) is 4.89. The van der Waals surface area contributed by atoms with Crippen molar-refractivity contribution < 1.29 is 4.74 Å². The summed E-state index contributed by atoms with van der Waals surface area (Å²) in [4.78, 5) is 0.577.